The van der Waals surface area contributed by atoms with Gasteiger partial charge in [0.25, 0.3) is 5.91 Å². The molecule has 0 atom stereocenters. The number of nitriles is 1. The third-order valence-corrected chi connectivity index (χ3v) is 13.1. The van der Waals surface area contributed by atoms with Crippen LogP contribution in [0.3, 0.4) is 0 Å². The second kappa shape index (κ2) is 20.6. The number of hydrogen-bond acceptors (Lipinski definition) is 13. The smallest absolute Gasteiger partial charge is 0.329 e. The van der Waals surface area contributed by atoms with E-state index >= 15 is 0 Å². The molecule has 0 saturated carbocycles. The third-order valence-electron chi connectivity index (χ3n) is 13.1. The fourth-order valence-corrected chi connectivity index (χ4v) is 9.41. The number of urea groups is 1. The maximum atomic E-state index is 14.9. The zero-order valence-electron chi connectivity index (χ0n) is 38.9. The number of piperazine rings is 1. The summed E-state index contributed by atoms with van der Waals surface area (Å²) >= 11 is 0. The lowest BCUT2D eigenvalue weighted by atomic mass is 9.86. The number of nitrogens with one attached hydrogen (secondary N) is 3. The van der Waals surface area contributed by atoms with Crippen LogP contribution in [-0.4, -0.2) is 142 Å². The summed E-state index contributed by atoms with van der Waals surface area (Å²) in [6, 6.07) is 15.7. The van der Waals surface area contributed by atoms with Gasteiger partial charge in [-0.25, -0.2) is 23.1 Å². The Balaban J connectivity index is 0.768. The molecule has 0 spiro atoms. The number of carbonyl (C=O) groups is 4. The number of pyridine rings is 2. The average Bonchev–Trinajstić information content (AvgIpc) is 3.92. The van der Waals surface area contributed by atoms with Crippen LogP contribution in [0.5, 0.6) is 5.75 Å². The Hall–Kier alpha value is -7.54. The van der Waals surface area contributed by atoms with Crippen LogP contribution in [0, 0.1) is 23.0 Å². The van der Waals surface area contributed by atoms with Gasteiger partial charge in [-0.05, 0) is 74.4 Å². The van der Waals surface area contributed by atoms with Crippen LogP contribution in [0.4, 0.5) is 30.9 Å². The summed E-state index contributed by atoms with van der Waals surface area (Å²) in [5.41, 5.74) is 2.86. The highest BCUT2D eigenvalue weighted by molar-refractivity contribution is 6.09. The van der Waals surface area contributed by atoms with Gasteiger partial charge in [0.2, 0.25) is 11.8 Å². The Kier molecular flexibility index (Phi) is 14.0. The summed E-state index contributed by atoms with van der Waals surface area (Å²) in [6.07, 6.45) is 6.43. The topological polar surface area (TPSA) is 208 Å². The van der Waals surface area contributed by atoms with Gasteiger partial charge in [0.1, 0.15) is 29.3 Å². The molecule has 7 heterocycles. The van der Waals surface area contributed by atoms with Gasteiger partial charge < -0.3 is 25.0 Å². The van der Waals surface area contributed by atoms with Crippen molar-refractivity contribution in [3.63, 3.8) is 0 Å². The van der Waals surface area contributed by atoms with E-state index < -0.39 is 29.1 Å². The molecule has 6 aromatic rings. The van der Waals surface area contributed by atoms with Crippen molar-refractivity contribution < 1.29 is 37.4 Å². The monoisotopic (exact) mass is 957 g/mol. The number of ether oxygens (including phenoxy) is 2. The number of halogens is 2. The lowest BCUT2D eigenvalue weighted by Crippen LogP contribution is -2.62. The van der Waals surface area contributed by atoms with E-state index in [0.717, 1.165) is 61.3 Å². The van der Waals surface area contributed by atoms with E-state index in [2.05, 4.69) is 46.9 Å². The number of aromatic nitrogens is 5. The number of aryl methyl sites for hydroxylation is 1. The molecule has 2 aromatic carbocycles. The molecule has 3 fully saturated rings. The molecule has 21 heteroatoms. The number of anilines is 3. The average molecular weight is 958 g/mol. The van der Waals surface area contributed by atoms with E-state index in [1.165, 1.54) is 11.1 Å². The van der Waals surface area contributed by atoms with Crippen molar-refractivity contribution in [2.75, 3.05) is 93.8 Å². The van der Waals surface area contributed by atoms with Crippen molar-refractivity contribution in [3.8, 4) is 22.9 Å². The fourth-order valence-electron chi connectivity index (χ4n) is 9.41. The van der Waals surface area contributed by atoms with E-state index in [-0.39, 0.29) is 43.4 Å². The third kappa shape index (κ3) is 10.4. The molecule has 0 radical (unpaired) electrons. The molecule has 5 amide bonds. The summed E-state index contributed by atoms with van der Waals surface area (Å²) < 4.78 is 44.0. The molecule has 70 heavy (non-hydrogen) atoms. The molecular weight excluding hydrogens is 905 g/mol. The van der Waals surface area contributed by atoms with E-state index in [4.69, 9.17) is 14.5 Å². The number of benzene rings is 2. The SMILES string of the molecule is CCOc1cc(-c2ccc(N3CCC(CN4CCN(CCOCCC(=O)Nc5ccc6c(N7CCC(=O)NC7=O)nn(C)c6c5)CC4)(NC(=O)c4cc(F)ccc4F)CC3)nc2)c2c(C#N)cnn2c1. The molecule has 364 valence electrons. The minimum atomic E-state index is -0.793. The lowest BCUT2D eigenvalue weighted by Gasteiger charge is -2.46. The van der Waals surface area contributed by atoms with Gasteiger partial charge >= 0.3 is 6.03 Å². The van der Waals surface area contributed by atoms with Crippen LogP contribution in [0.2, 0.25) is 0 Å². The molecule has 3 N–H and O–H groups in total. The van der Waals surface area contributed by atoms with Gasteiger partial charge in [-0.15, -0.1) is 0 Å². The minimum Gasteiger partial charge on any atom is -0.492 e. The molecule has 0 bridgehead atoms. The highest BCUT2D eigenvalue weighted by Crippen LogP contribution is 2.34. The molecular formula is C49H53F2N13O6. The number of hydrogen-bond donors (Lipinski definition) is 3. The number of fused-ring (bicyclic) bond motifs is 2. The van der Waals surface area contributed by atoms with Gasteiger partial charge in [-0.1, -0.05) is 0 Å². The Morgan fingerprint density at radius 3 is 2.49 bits per heavy atom. The van der Waals surface area contributed by atoms with E-state index in [9.17, 15) is 33.2 Å². The maximum absolute atomic E-state index is 14.9. The second-order valence-corrected chi connectivity index (χ2v) is 17.7. The predicted molar refractivity (Wildman–Crippen MR) is 255 cm³/mol. The van der Waals surface area contributed by atoms with Gasteiger partial charge in [0.05, 0.1) is 66.3 Å². The summed E-state index contributed by atoms with van der Waals surface area (Å²) in [5.74, 6) is -0.892. The molecule has 9 rings (SSSR count). The zero-order chi connectivity index (χ0) is 48.9. The molecule has 0 unspecified atom stereocenters. The number of rotatable bonds is 16. The number of nitrogens with zero attached hydrogens (tertiary/aromatic N) is 10. The Labute approximate surface area is 401 Å². The number of carbonyl (C=O) groups excluding carboxylic acids is 4. The van der Waals surface area contributed by atoms with E-state index in [1.807, 2.05) is 25.1 Å². The number of piperidine rings is 1. The predicted octanol–water partition coefficient (Wildman–Crippen LogP) is 4.71. The van der Waals surface area contributed by atoms with Crippen LogP contribution >= 0.6 is 0 Å². The van der Waals surface area contributed by atoms with Gasteiger partial charge in [0.15, 0.2) is 5.82 Å². The normalized spacial score (nSPS) is 16.6. The zero-order valence-corrected chi connectivity index (χ0v) is 38.9. The quantitative estimate of drug-likeness (QED) is 0.113. The standard InChI is InChI=1S/C49H53F2N13O6/c1-3-70-36-26-38(45-33(27-52)29-54-64(45)30-36)32-4-9-42(53-28-32)62-15-12-49(13-16-62,57-47(67)39-24-34(50)5-8-40(39)51)31-61-19-17-60(18-20-61)21-23-69-22-11-44(66)55-35-6-7-37-41(25-35)59(2)58-46(37)63-14-10-43(65)56-48(63)68/h4-9,24-26,28-30H,3,10-23,31H2,1-2H3,(H,55,66)(H,57,67)(H,56,65,68). The highest BCUT2D eigenvalue weighted by atomic mass is 19.1. The fraction of sp³-hybridized carbons (Fsp3) is 0.388. The molecule has 0 aliphatic carbocycles. The Morgan fingerprint density at radius 2 is 1.74 bits per heavy atom. The van der Waals surface area contributed by atoms with Crippen LogP contribution < -0.4 is 30.5 Å². The summed E-state index contributed by atoms with van der Waals surface area (Å²) in [5, 5.41) is 27.7. The highest BCUT2D eigenvalue weighted by Gasteiger charge is 2.39. The van der Waals surface area contributed by atoms with Crippen LogP contribution in [0.15, 0.2) is 73.2 Å². The number of amides is 5. The van der Waals surface area contributed by atoms with Gasteiger partial charge in [-0.3, -0.25) is 39.1 Å². The minimum absolute atomic E-state index is 0.152. The van der Waals surface area contributed by atoms with Crippen molar-refractivity contribution in [2.24, 2.45) is 7.05 Å². The van der Waals surface area contributed by atoms with Gasteiger partial charge in [0, 0.05) is 101 Å². The summed E-state index contributed by atoms with van der Waals surface area (Å²) in [6.45, 7) is 8.48. The first kappa shape index (κ1) is 47.5. The van der Waals surface area contributed by atoms with Crippen LogP contribution in [0.25, 0.3) is 27.5 Å². The first-order valence-corrected chi connectivity index (χ1v) is 23.3. The van der Waals surface area contributed by atoms with Crippen LogP contribution in [0.1, 0.15) is 48.5 Å². The maximum Gasteiger partial charge on any atom is 0.329 e. The molecule has 19 nitrogen and oxygen atoms in total. The lowest BCUT2D eigenvalue weighted by molar-refractivity contribution is -0.120. The number of imide groups is 1. The molecule has 4 aromatic heterocycles. The molecule has 3 aliphatic rings. The molecule has 3 aliphatic heterocycles. The second-order valence-electron chi connectivity index (χ2n) is 17.7. The van der Waals surface area contributed by atoms with Crippen molar-refractivity contribution in [1.82, 2.24) is 44.8 Å². The van der Waals surface area contributed by atoms with E-state index in [1.54, 1.807) is 46.8 Å². The Bertz CT molecular complexity index is 2970. The largest absolute Gasteiger partial charge is 0.492 e. The van der Waals surface area contributed by atoms with Crippen molar-refractivity contribution in [1.29, 1.82) is 5.26 Å². The summed E-state index contributed by atoms with van der Waals surface area (Å²) in [4.78, 5) is 63.6. The van der Waals surface area contributed by atoms with Crippen molar-refractivity contribution in [2.45, 2.75) is 38.1 Å². The van der Waals surface area contributed by atoms with Crippen molar-refractivity contribution >= 4 is 57.5 Å². The first-order chi connectivity index (χ1) is 33.9. The summed E-state index contributed by atoms with van der Waals surface area (Å²) in [7, 11) is 1.75. The van der Waals surface area contributed by atoms with Crippen molar-refractivity contribution in [3.05, 3.63) is 95.9 Å². The van der Waals surface area contributed by atoms with E-state index in [0.29, 0.717) is 91.5 Å². The Morgan fingerprint density at radius 1 is 0.943 bits per heavy atom. The van der Waals surface area contributed by atoms with Gasteiger partial charge in [-0.2, -0.15) is 15.5 Å². The molecule has 3 saturated heterocycles. The first-order valence-electron chi connectivity index (χ1n) is 23.3. The van der Waals surface area contributed by atoms with Crippen LogP contribution in [-0.2, 0) is 21.4 Å².